The molecule has 2 N–H and O–H groups in total. The molecular formula is C16H18N2O. The van der Waals surface area contributed by atoms with E-state index in [0.29, 0.717) is 12.5 Å². The number of rotatable bonds is 4. The highest BCUT2D eigenvalue weighted by Crippen LogP contribution is 2.13. The number of benzene rings is 2. The Morgan fingerprint density at radius 3 is 2.21 bits per heavy atom. The van der Waals surface area contributed by atoms with Crippen molar-refractivity contribution >= 4 is 11.7 Å². The van der Waals surface area contributed by atoms with E-state index >= 15 is 0 Å². The van der Waals surface area contributed by atoms with Gasteiger partial charge in [-0.15, -0.1) is 0 Å². The Kier molecular flexibility index (Phi) is 4.56. The van der Waals surface area contributed by atoms with E-state index in [9.17, 15) is 4.79 Å². The monoisotopic (exact) mass is 254 g/mol. The zero-order valence-electron chi connectivity index (χ0n) is 11.0. The SMILES string of the molecule is C[C@H](CNC(=O)Nc1ccccc1)c1ccccc1. The van der Waals surface area contributed by atoms with Gasteiger partial charge in [0.2, 0.25) is 0 Å². The van der Waals surface area contributed by atoms with Gasteiger partial charge in [-0.05, 0) is 23.6 Å². The molecule has 0 saturated heterocycles. The van der Waals surface area contributed by atoms with Crippen molar-refractivity contribution in [1.82, 2.24) is 5.32 Å². The first-order chi connectivity index (χ1) is 9.25. The number of carbonyl (C=O) groups is 1. The molecule has 0 radical (unpaired) electrons. The highest BCUT2D eigenvalue weighted by molar-refractivity contribution is 5.89. The van der Waals surface area contributed by atoms with Gasteiger partial charge >= 0.3 is 6.03 Å². The summed E-state index contributed by atoms with van der Waals surface area (Å²) in [4.78, 5) is 11.7. The second-order valence-corrected chi connectivity index (χ2v) is 4.51. The molecule has 0 spiro atoms. The van der Waals surface area contributed by atoms with Gasteiger partial charge in [0, 0.05) is 12.2 Å². The third-order valence-electron chi connectivity index (χ3n) is 2.97. The van der Waals surface area contributed by atoms with E-state index in [1.165, 1.54) is 5.56 Å². The number of hydrogen-bond acceptors (Lipinski definition) is 1. The normalized spacial score (nSPS) is 11.6. The van der Waals surface area contributed by atoms with Crippen LogP contribution in [0.2, 0.25) is 0 Å². The van der Waals surface area contributed by atoms with Crippen LogP contribution in [0.5, 0.6) is 0 Å². The lowest BCUT2D eigenvalue weighted by molar-refractivity contribution is 0.251. The van der Waals surface area contributed by atoms with Gasteiger partial charge in [0.05, 0.1) is 0 Å². The van der Waals surface area contributed by atoms with Crippen LogP contribution in [-0.2, 0) is 0 Å². The topological polar surface area (TPSA) is 41.1 Å². The molecule has 2 aromatic carbocycles. The molecule has 0 aliphatic carbocycles. The summed E-state index contributed by atoms with van der Waals surface area (Å²) in [5.41, 5.74) is 2.02. The number of urea groups is 1. The highest BCUT2D eigenvalue weighted by atomic mass is 16.2. The van der Waals surface area contributed by atoms with E-state index in [1.54, 1.807) is 0 Å². The van der Waals surface area contributed by atoms with Gasteiger partial charge in [0.15, 0.2) is 0 Å². The Balaban J connectivity index is 1.81. The van der Waals surface area contributed by atoms with Crippen molar-refractivity contribution in [3.8, 4) is 0 Å². The van der Waals surface area contributed by atoms with Crippen LogP contribution in [-0.4, -0.2) is 12.6 Å². The molecule has 0 heterocycles. The molecule has 1 atom stereocenters. The molecule has 3 heteroatoms. The molecule has 0 aliphatic rings. The first kappa shape index (κ1) is 13.1. The average molecular weight is 254 g/mol. The zero-order valence-corrected chi connectivity index (χ0v) is 11.0. The van der Waals surface area contributed by atoms with E-state index < -0.39 is 0 Å². The minimum atomic E-state index is -0.172. The quantitative estimate of drug-likeness (QED) is 0.859. The van der Waals surface area contributed by atoms with Crippen LogP contribution in [0.15, 0.2) is 60.7 Å². The fourth-order valence-electron chi connectivity index (χ4n) is 1.84. The van der Waals surface area contributed by atoms with E-state index in [-0.39, 0.29) is 6.03 Å². The van der Waals surface area contributed by atoms with E-state index in [2.05, 4.69) is 29.7 Å². The third kappa shape index (κ3) is 4.14. The minimum absolute atomic E-state index is 0.172. The Hall–Kier alpha value is -2.29. The van der Waals surface area contributed by atoms with Crippen LogP contribution in [0, 0.1) is 0 Å². The van der Waals surface area contributed by atoms with Crippen molar-refractivity contribution in [2.75, 3.05) is 11.9 Å². The summed E-state index contributed by atoms with van der Waals surface area (Å²) in [5, 5.41) is 5.68. The fourth-order valence-corrected chi connectivity index (χ4v) is 1.84. The molecule has 2 aromatic rings. The van der Waals surface area contributed by atoms with Crippen LogP contribution in [0.4, 0.5) is 10.5 Å². The lowest BCUT2D eigenvalue weighted by Crippen LogP contribution is -2.31. The maximum atomic E-state index is 11.7. The Morgan fingerprint density at radius 1 is 1.00 bits per heavy atom. The molecule has 2 amide bonds. The average Bonchev–Trinajstić information content (AvgIpc) is 2.47. The summed E-state index contributed by atoms with van der Waals surface area (Å²) in [6, 6.07) is 19.4. The van der Waals surface area contributed by atoms with Crippen LogP contribution < -0.4 is 10.6 Å². The number of hydrogen-bond donors (Lipinski definition) is 2. The standard InChI is InChI=1S/C16H18N2O/c1-13(14-8-4-2-5-9-14)12-17-16(19)18-15-10-6-3-7-11-15/h2-11,13H,12H2,1H3,(H2,17,18,19)/t13-/m1/s1. The summed E-state index contributed by atoms with van der Waals surface area (Å²) in [6.07, 6.45) is 0. The summed E-state index contributed by atoms with van der Waals surface area (Å²) >= 11 is 0. The Morgan fingerprint density at radius 2 is 1.58 bits per heavy atom. The number of amides is 2. The van der Waals surface area contributed by atoms with Gasteiger partial charge in [-0.25, -0.2) is 4.79 Å². The second kappa shape index (κ2) is 6.59. The molecule has 0 aliphatic heterocycles. The van der Waals surface area contributed by atoms with Crippen molar-refractivity contribution in [1.29, 1.82) is 0 Å². The molecule has 3 nitrogen and oxygen atoms in total. The summed E-state index contributed by atoms with van der Waals surface area (Å²) < 4.78 is 0. The Bertz CT molecular complexity index is 511. The van der Waals surface area contributed by atoms with Crippen molar-refractivity contribution in [3.05, 3.63) is 66.2 Å². The molecule has 0 bridgehead atoms. The molecule has 0 aromatic heterocycles. The van der Waals surface area contributed by atoms with Gasteiger partial charge in [0.1, 0.15) is 0 Å². The third-order valence-corrected chi connectivity index (χ3v) is 2.97. The number of nitrogens with one attached hydrogen (secondary N) is 2. The molecular weight excluding hydrogens is 236 g/mol. The second-order valence-electron chi connectivity index (χ2n) is 4.51. The lowest BCUT2D eigenvalue weighted by Gasteiger charge is -2.13. The van der Waals surface area contributed by atoms with Gasteiger partial charge < -0.3 is 10.6 Å². The van der Waals surface area contributed by atoms with Gasteiger partial charge in [0.25, 0.3) is 0 Å². The predicted octanol–water partition coefficient (Wildman–Crippen LogP) is 3.61. The number of para-hydroxylation sites is 1. The smallest absolute Gasteiger partial charge is 0.319 e. The highest BCUT2D eigenvalue weighted by Gasteiger charge is 2.07. The Labute approximate surface area is 113 Å². The fraction of sp³-hybridized carbons (Fsp3) is 0.188. The van der Waals surface area contributed by atoms with Crippen LogP contribution in [0.1, 0.15) is 18.4 Å². The van der Waals surface area contributed by atoms with E-state index in [4.69, 9.17) is 0 Å². The van der Waals surface area contributed by atoms with Crippen molar-refractivity contribution < 1.29 is 4.79 Å². The van der Waals surface area contributed by atoms with Crippen LogP contribution in [0.25, 0.3) is 0 Å². The predicted molar refractivity (Wildman–Crippen MR) is 78.3 cm³/mol. The number of carbonyl (C=O) groups excluding carboxylic acids is 1. The van der Waals surface area contributed by atoms with Crippen molar-refractivity contribution in [3.63, 3.8) is 0 Å². The molecule has 2 rings (SSSR count). The lowest BCUT2D eigenvalue weighted by atomic mass is 10.0. The van der Waals surface area contributed by atoms with Gasteiger partial charge in [-0.2, -0.15) is 0 Å². The first-order valence-electron chi connectivity index (χ1n) is 6.40. The summed E-state index contributed by atoms with van der Waals surface area (Å²) in [6.45, 7) is 2.71. The number of anilines is 1. The van der Waals surface area contributed by atoms with E-state index in [0.717, 1.165) is 5.69 Å². The van der Waals surface area contributed by atoms with Gasteiger partial charge in [-0.1, -0.05) is 55.5 Å². The van der Waals surface area contributed by atoms with Crippen LogP contribution in [0.3, 0.4) is 0 Å². The minimum Gasteiger partial charge on any atom is -0.337 e. The van der Waals surface area contributed by atoms with E-state index in [1.807, 2.05) is 48.5 Å². The zero-order chi connectivity index (χ0) is 13.5. The van der Waals surface area contributed by atoms with Crippen LogP contribution >= 0.6 is 0 Å². The molecule has 0 unspecified atom stereocenters. The van der Waals surface area contributed by atoms with Crippen molar-refractivity contribution in [2.24, 2.45) is 0 Å². The summed E-state index contributed by atoms with van der Waals surface area (Å²) in [7, 11) is 0. The maximum Gasteiger partial charge on any atom is 0.319 e. The molecule has 19 heavy (non-hydrogen) atoms. The molecule has 0 fully saturated rings. The maximum absolute atomic E-state index is 11.7. The molecule has 98 valence electrons. The van der Waals surface area contributed by atoms with Gasteiger partial charge in [-0.3, -0.25) is 0 Å². The van der Waals surface area contributed by atoms with Crippen molar-refractivity contribution in [2.45, 2.75) is 12.8 Å². The largest absolute Gasteiger partial charge is 0.337 e. The molecule has 0 saturated carbocycles. The summed E-state index contributed by atoms with van der Waals surface area (Å²) in [5.74, 6) is 0.294. The first-order valence-corrected chi connectivity index (χ1v) is 6.40.